The number of nitrogens with zero attached hydrogens (tertiary/aromatic N) is 1. The number of aliphatic hydroxyl groups is 1. The number of Topliss-reactive ketones (excluding diaryl/α,β-unsaturated/α-hetero) is 1. The molecule has 1 N–H and O–H groups in total. The first-order chi connectivity index (χ1) is 8.72. The Morgan fingerprint density at radius 3 is 2.61 bits per heavy atom. The van der Waals surface area contributed by atoms with Gasteiger partial charge in [-0.1, -0.05) is 37.3 Å². The highest BCUT2D eigenvalue weighted by Crippen LogP contribution is 2.27. The third-order valence-electron chi connectivity index (χ3n) is 3.46. The zero-order valence-corrected chi connectivity index (χ0v) is 10.9. The van der Waals surface area contributed by atoms with E-state index in [1.807, 2.05) is 37.3 Å². The van der Waals surface area contributed by atoms with Gasteiger partial charge in [0, 0.05) is 30.6 Å². The molecule has 1 atom stereocenters. The highest BCUT2D eigenvalue weighted by atomic mass is 16.3. The van der Waals surface area contributed by atoms with Crippen LogP contribution in [0.4, 0.5) is 0 Å². The van der Waals surface area contributed by atoms with Gasteiger partial charge >= 0.3 is 0 Å². The van der Waals surface area contributed by atoms with E-state index in [4.69, 9.17) is 5.11 Å². The van der Waals surface area contributed by atoms with E-state index in [0.717, 1.165) is 12.1 Å². The molecule has 1 aliphatic carbocycles. The molecule has 1 aromatic rings. The first-order valence-electron chi connectivity index (χ1n) is 6.66. The van der Waals surface area contributed by atoms with E-state index in [1.54, 1.807) is 0 Å². The molecule has 1 aromatic carbocycles. The fraction of sp³-hybridized carbons (Fsp3) is 0.533. The minimum atomic E-state index is -0.0143. The lowest BCUT2D eigenvalue weighted by atomic mass is 9.99. The molecule has 3 nitrogen and oxygen atoms in total. The molecule has 98 valence electrons. The van der Waals surface area contributed by atoms with E-state index >= 15 is 0 Å². The van der Waals surface area contributed by atoms with Crippen molar-refractivity contribution in [3.63, 3.8) is 0 Å². The Hall–Kier alpha value is -1.19. The summed E-state index contributed by atoms with van der Waals surface area (Å²) in [4.78, 5) is 14.5. The Kier molecular flexibility index (Phi) is 4.50. The quantitative estimate of drug-likeness (QED) is 0.749. The number of aliphatic hydroxyl groups excluding tert-OH is 1. The van der Waals surface area contributed by atoms with Crippen LogP contribution >= 0.6 is 0 Å². The number of carbonyl (C=O) groups excluding carboxylic acids is 1. The van der Waals surface area contributed by atoms with Crippen molar-refractivity contribution in [1.29, 1.82) is 0 Å². The molecule has 1 saturated carbocycles. The SMILES string of the molecule is CC(CN(CCO)C1CC1)C(=O)c1ccccc1. The standard InChI is InChI=1S/C15H21NO2/c1-12(11-16(9-10-17)14-7-8-14)15(18)13-5-3-2-4-6-13/h2-6,12,14,17H,7-11H2,1H3. The van der Waals surface area contributed by atoms with Crippen LogP contribution in [0.15, 0.2) is 30.3 Å². The summed E-state index contributed by atoms with van der Waals surface area (Å²) in [5.41, 5.74) is 0.782. The molecule has 0 aromatic heterocycles. The van der Waals surface area contributed by atoms with Crippen LogP contribution in [0.1, 0.15) is 30.1 Å². The van der Waals surface area contributed by atoms with E-state index in [2.05, 4.69) is 4.90 Å². The van der Waals surface area contributed by atoms with Crippen LogP contribution in [0.25, 0.3) is 0 Å². The van der Waals surface area contributed by atoms with Crippen molar-refractivity contribution >= 4 is 5.78 Å². The molecule has 1 fully saturated rings. The zero-order chi connectivity index (χ0) is 13.0. The predicted octanol–water partition coefficient (Wildman–Crippen LogP) is 1.96. The second-order valence-corrected chi connectivity index (χ2v) is 5.08. The number of benzene rings is 1. The number of hydrogen-bond donors (Lipinski definition) is 1. The molecule has 0 spiro atoms. The molecule has 3 heteroatoms. The minimum Gasteiger partial charge on any atom is -0.395 e. The lowest BCUT2D eigenvalue weighted by Gasteiger charge is -2.24. The van der Waals surface area contributed by atoms with Gasteiger partial charge in [0.05, 0.1) is 6.61 Å². The summed E-state index contributed by atoms with van der Waals surface area (Å²) in [5.74, 6) is 0.179. The highest BCUT2D eigenvalue weighted by molar-refractivity contribution is 5.97. The molecular formula is C15H21NO2. The van der Waals surface area contributed by atoms with Gasteiger partial charge in [-0.15, -0.1) is 0 Å². The van der Waals surface area contributed by atoms with E-state index in [0.29, 0.717) is 12.6 Å². The Balaban J connectivity index is 1.94. The van der Waals surface area contributed by atoms with E-state index in [1.165, 1.54) is 12.8 Å². The maximum Gasteiger partial charge on any atom is 0.166 e. The monoisotopic (exact) mass is 247 g/mol. The van der Waals surface area contributed by atoms with Crippen LogP contribution in [-0.4, -0.2) is 41.5 Å². The summed E-state index contributed by atoms with van der Waals surface area (Å²) in [5, 5.41) is 9.06. The molecule has 18 heavy (non-hydrogen) atoms. The maximum atomic E-state index is 12.2. The van der Waals surface area contributed by atoms with Gasteiger partial charge in [0.2, 0.25) is 0 Å². The first-order valence-corrected chi connectivity index (χ1v) is 6.66. The van der Waals surface area contributed by atoms with Crippen molar-refractivity contribution in [2.75, 3.05) is 19.7 Å². The number of ketones is 1. The topological polar surface area (TPSA) is 40.5 Å². The molecule has 0 aliphatic heterocycles. The van der Waals surface area contributed by atoms with Crippen LogP contribution in [0, 0.1) is 5.92 Å². The number of hydrogen-bond acceptors (Lipinski definition) is 3. The molecule has 0 heterocycles. The average molecular weight is 247 g/mol. The van der Waals surface area contributed by atoms with Gasteiger partial charge in [-0.2, -0.15) is 0 Å². The lowest BCUT2D eigenvalue weighted by molar-refractivity contribution is 0.0876. The fourth-order valence-corrected chi connectivity index (χ4v) is 2.31. The fourth-order valence-electron chi connectivity index (χ4n) is 2.31. The van der Waals surface area contributed by atoms with Crippen molar-refractivity contribution in [2.24, 2.45) is 5.92 Å². The van der Waals surface area contributed by atoms with Gasteiger partial charge in [0.1, 0.15) is 0 Å². The molecule has 0 saturated heterocycles. The van der Waals surface area contributed by atoms with Crippen LogP contribution in [-0.2, 0) is 0 Å². The van der Waals surface area contributed by atoms with Gasteiger partial charge in [-0.05, 0) is 12.8 Å². The van der Waals surface area contributed by atoms with Crippen molar-refractivity contribution in [3.05, 3.63) is 35.9 Å². The predicted molar refractivity (Wildman–Crippen MR) is 71.6 cm³/mol. The van der Waals surface area contributed by atoms with Crippen LogP contribution in [0.3, 0.4) is 0 Å². The zero-order valence-electron chi connectivity index (χ0n) is 10.9. The average Bonchev–Trinajstić information content (AvgIpc) is 3.22. The van der Waals surface area contributed by atoms with Crippen LogP contribution < -0.4 is 0 Å². The van der Waals surface area contributed by atoms with Crippen molar-refractivity contribution in [2.45, 2.75) is 25.8 Å². The molecule has 2 rings (SSSR count). The van der Waals surface area contributed by atoms with Crippen molar-refractivity contribution in [1.82, 2.24) is 4.90 Å². The molecular weight excluding hydrogens is 226 g/mol. The molecule has 0 bridgehead atoms. The van der Waals surface area contributed by atoms with Crippen molar-refractivity contribution < 1.29 is 9.90 Å². The first kappa shape index (κ1) is 13.2. The Bertz CT molecular complexity index is 387. The maximum absolute atomic E-state index is 12.2. The largest absolute Gasteiger partial charge is 0.395 e. The summed E-state index contributed by atoms with van der Waals surface area (Å²) in [7, 11) is 0. The summed E-state index contributed by atoms with van der Waals surface area (Å²) in [6.07, 6.45) is 2.40. The summed E-state index contributed by atoms with van der Waals surface area (Å²) >= 11 is 0. The van der Waals surface area contributed by atoms with Gasteiger partial charge in [0.15, 0.2) is 5.78 Å². The van der Waals surface area contributed by atoms with Crippen molar-refractivity contribution in [3.8, 4) is 0 Å². The van der Waals surface area contributed by atoms with E-state index in [-0.39, 0.29) is 18.3 Å². The molecule has 1 unspecified atom stereocenters. The molecule has 1 aliphatic rings. The summed E-state index contributed by atoms with van der Waals surface area (Å²) < 4.78 is 0. The Labute approximate surface area is 108 Å². The summed E-state index contributed by atoms with van der Waals surface area (Å²) in [6, 6.07) is 10.0. The Morgan fingerprint density at radius 2 is 2.06 bits per heavy atom. The number of carbonyl (C=O) groups is 1. The Morgan fingerprint density at radius 1 is 1.39 bits per heavy atom. The molecule has 0 amide bonds. The van der Waals surface area contributed by atoms with Crippen LogP contribution in [0.2, 0.25) is 0 Å². The second-order valence-electron chi connectivity index (χ2n) is 5.08. The smallest absolute Gasteiger partial charge is 0.166 e. The van der Waals surface area contributed by atoms with Crippen LogP contribution in [0.5, 0.6) is 0 Å². The van der Waals surface area contributed by atoms with Gasteiger partial charge in [-0.3, -0.25) is 9.69 Å². The third-order valence-corrected chi connectivity index (χ3v) is 3.46. The lowest BCUT2D eigenvalue weighted by Crippen LogP contribution is -2.35. The number of rotatable bonds is 7. The van der Waals surface area contributed by atoms with Gasteiger partial charge in [0.25, 0.3) is 0 Å². The van der Waals surface area contributed by atoms with Gasteiger partial charge < -0.3 is 5.11 Å². The van der Waals surface area contributed by atoms with E-state index in [9.17, 15) is 4.79 Å². The third kappa shape index (κ3) is 3.40. The normalized spacial score (nSPS) is 16.8. The second kappa shape index (κ2) is 6.12. The van der Waals surface area contributed by atoms with Gasteiger partial charge in [-0.25, -0.2) is 0 Å². The minimum absolute atomic E-state index is 0.0143. The summed E-state index contributed by atoms with van der Waals surface area (Å²) in [6.45, 7) is 3.57. The molecule has 0 radical (unpaired) electrons. The highest BCUT2D eigenvalue weighted by Gasteiger charge is 2.30. The van der Waals surface area contributed by atoms with E-state index < -0.39 is 0 Å².